The van der Waals surface area contributed by atoms with E-state index in [0.717, 1.165) is 0 Å². The smallest absolute Gasteiger partial charge is 0.255 e. The topological polar surface area (TPSA) is 77.2 Å². The summed E-state index contributed by atoms with van der Waals surface area (Å²) < 4.78 is 24.2. The second kappa shape index (κ2) is 7.76. The third-order valence-electron chi connectivity index (χ3n) is 3.24. The Labute approximate surface area is 147 Å². The molecule has 0 aliphatic heterocycles. The molecule has 2 aromatic heterocycles. The molecule has 0 saturated carbocycles. The lowest BCUT2D eigenvalue weighted by molar-refractivity contribution is 0.0942. The number of carbonyl (C=O) groups is 1. The molecular weight excluding hydrogens is 349 g/mol. The lowest BCUT2D eigenvalue weighted by Crippen LogP contribution is -2.29. The predicted molar refractivity (Wildman–Crippen MR) is 89.0 cm³/mol. The van der Waals surface area contributed by atoms with Crippen molar-refractivity contribution in [2.75, 3.05) is 13.2 Å². The van der Waals surface area contributed by atoms with Crippen LogP contribution in [0.5, 0.6) is 5.88 Å². The van der Waals surface area contributed by atoms with Gasteiger partial charge in [-0.25, -0.2) is 4.39 Å². The third-order valence-corrected chi connectivity index (χ3v) is 3.56. The number of halogens is 2. The lowest BCUT2D eigenvalue weighted by atomic mass is 10.2. The minimum absolute atomic E-state index is 0.0535. The Morgan fingerprint density at radius 1 is 1.20 bits per heavy atom. The van der Waals surface area contributed by atoms with E-state index in [-0.39, 0.29) is 23.7 Å². The van der Waals surface area contributed by atoms with E-state index in [9.17, 15) is 9.18 Å². The summed E-state index contributed by atoms with van der Waals surface area (Å²) in [5, 5.41) is 10.5. The van der Waals surface area contributed by atoms with Gasteiger partial charge in [-0.3, -0.25) is 4.79 Å². The standard InChI is InChI=1S/C17H13ClFN3O3/c18-11-3-1-4-12(19)16(11)17(23)20-8-10-25-15-7-6-13(21-22-15)14-5-2-9-24-14/h1-7,9H,8,10H2,(H,20,23). The second-order valence-corrected chi connectivity index (χ2v) is 5.34. The maximum Gasteiger partial charge on any atom is 0.255 e. The molecule has 8 heteroatoms. The molecule has 0 saturated heterocycles. The molecule has 0 aliphatic carbocycles. The number of benzene rings is 1. The number of hydrogen-bond acceptors (Lipinski definition) is 5. The number of aromatic nitrogens is 2. The van der Waals surface area contributed by atoms with Crippen molar-refractivity contribution in [3.8, 4) is 17.3 Å². The zero-order valence-electron chi connectivity index (χ0n) is 12.9. The van der Waals surface area contributed by atoms with Crippen molar-refractivity contribution in [2.45, 2.75) is 0 Å². The van der Waals surface area contributed by atoms with Gasteiger partial charge in [0.05, 0.1) is 23.4 Å². The van der Waals surface area contributed by atoms with Crippen LogP contribution in [0.15, 0.2) is 53.1 Å². The van der Waals surface area contributed by atoms with Crippen LogP contribution in [0.2, 0.25) is 5.02 Å². The van der Waals surface area contributed by atoms with Gasteiger partial charge in [0, 0.05) is 6.07 Å². The highest BCUT2D eigenvalue weighted by molar-refractivity contribution is 6.33. The molecule has 1 amide bonds. The van der Waals surface area contributed by atoms with Gasteiger partial charge >= 0.3 is 0 Å². The molecule has 0 fully saturated rings. The summed E-state index contributed by atoms with van der Waals surface area (Å²) >= 11 is 5.83. The molecule has 1 N–H and O–H groups in total. The van der Waals surface area contributed by atoms with E-state index in [1.54, 1.807) is 30.5 Å². The van der Waals surface area contributed by atoms with Crippen molar-refractivity contribution in [1.29, 1.82) is 0 Å². The summed E-state index contributed by atoms with van der Waals surface area (Å²) in [7, 11) is 0. The van der Waals surface area contributed by atoms with Crippen LogP contribution >= 0.6 is 11.6 Å². The number of nitrogens with zero attached hydrogens (tertiary/aromatic N) is 2. The molecule has 0 radical (unpaired) electrons. The molecule has 3 rings (SSSR count). The zero-order valence-corrected chi connectivity index (χ0v) is 13.7. The quantitative estimate of drug-likeness (QED) is 0.681. The fraction of sp³-hybridized carbons (Fsp3) is 0.118. The molecule has 0 bridgehead atoms. The van der Waals surface area contributed by atoms with Crippen molar-refractivity contribution in [1.82, 2.24) is 15.5 Å². The normalized spacial score (nSPS) is 10.5. The molecule has 1 aromatic carbocycles. The number of furan rings is 1. The van der Waals surface area contributed by atoms with E-state index in [2.05, 4.69) is 15.5 Å². The number of hydrogen-bond donors (Lipinski definition) is 1. The largest absolute Gasteiger partial charge is 0.475 e. The zero-order chi connectivity index (χ0) is 17.6. The summed E-state index contributed by atoms with van der Waals surface area (Å²) in [6, 6.07) is 10.9. The maximum atomic E-state index is 13.6. The van der Waals surface area contributed by atoms with Gasteiger partial charge in [-0.2, -0.15) is 0 Å². The molecule has 0 unspecified atom stereocenters. The third kappa shape index (κ3) is 4.13. The van der Waals surface area contributed by atoms with E-state index in [4.69, 9.17) is 20.8 Å². The summed E-state index contributed by atoms with van der Waals surface area (Å²) in [6.07, 6.45) is 1.55. The van der Waals surface area contributed by atoms with Crippen molar-refractivity contribution in [3.05, 3.63) is 65.1 Å². The molecule has 128 valence electrons. The molecule has 0 aliphatic rings. The first-order valence-corrected chi connectivity index (χ1v) is 7.75. The Morgan fingerprint density at radius 2 is 2.08 bits per heavy atom. The number of nitrogens with one attached hydrogen (secondary N) is 1. The van der Waals surface area contributed by atoms with Crippen molar-refractivity contribution >= 4 is 17.5 Å². The Balaban J connectivity index is 1.49. The lowest BCUT2D eigenvalue weighted by Gasteiger charge is -2.08. The van der Waals surface area contributed by atoms with Crippen LogP contribution in [-0.2, 0) is 0 Å². The first kappa shape index (κ1) is 16.9. The fourth-order valence-corrected chi connectivity index (χ4v) is 2.32. The van der Waals surface area contributed by atoms with Gasteiger partial charge in [0.15, 0.2) is 5.76 Å². The van der Waals surface area contributed by atoms with Gasteiger partial charge in [0.25, 0.3) is 5.91 Å². The Morgan fingerprint density at radius 3 is 2.76 bits per heavy atom. The highest BCUT2D eigenvalue weighted by Gasteiger charge is 2.15. The molecule has 2 heterocycles. The van der Waals surface area contributed by atoms with E-state index in [1.165, 1.54) is 18.2 Å². The second-order valence-electron chi connectivity index (χ2n) is 4.94. The summed E-state index contributed by atoms with van der Waals surface area (Å²) in [4.78, 5) is 11.9. The van der Waals surface area contributed by atoms with Gasteiger partial charge in [-0.05, 0) is 30.3 Å². The predicted octanol–water partition coefficient (Wildman–Crippen LogP) is 3.34. The van der Waals surface area contributed by atoms with Gasteiger partial charge in [-0.15, -0.1) is 10.2 Å². The summed E-state index contributed by atoms with van der Waals surface area (Å²) in [5.41, 5.74) is 0.395. The van der Waals surface area contributed by atoms with Crippen LogP contribution < -0.4 is 10.1 Å². The first-order chi connectivity index (χ1) is 12.1. The van der Waals surface area contributed by atoms with Crippen LogP contribution in [0.4, 0.5) is 4.39 Å². The average Bonchev–Trinajstić information content (AvgIpc) is 3.14. The Hall–Kier alpha value is -2.93. The number of ether oxygens (including phenoxy) is 1. The summed E-state index contributed by atoms with van der Waals surface area (Å²) in [6.45, 7) is 0.303. The van der Waals surface area contributed by atoms with Crippen molar-refractivity contribution < 1.29 is 18.3 Å². The molecule has 6 nitrogen and oxygen atoms in total. The highest BCUT2D eigenvalue weighted by atomic mass is 35.5. The molecular formula is C17H13ClFN3O3. The summed E-state index contributed by atoms with van der Waals surface area (Å²) in [5.74, 6) is -0.377. The molecule has 25 heavy (non-hydrogen) atoms. The minimum atomic E-state index is -0.676. The van der Waals surface area contributed by atoms with Gasteiger partial charge in [-0.1, -0.05) is 17.7 Å². The Kier molecular flexibility index (Phi) is 5.25. The Bertz CT molecular complexity index is 834. The van der Waals surface area contributed by atoms with Crippen LogP contribution in [0.25, 0.3) is 11.5 Å². The van der Waals surface area contributed by atoms with Crippen molar-refractivity contribution in [2.24, 2.45) is 0 Å². The van der Waals surface area contributed by atoms with E-state index in [1.807, 2.05) is 0 Å². The average molecular weight is 362 g/mol. The van der Waals surface area contributed by atoms with E-state index < -0.39 is 11.7 Å². The molecule has 0 spiro atoms. The van der Waals surface area contributed by atoms with Crippen LogP contribution in [-0.4, -0.2) is 29.3 Å². The SMILES string of the molecule is O=C(NCCOc1ccc(-c2ccco2)nn1)c1c(F)cccc1Cl. The van der Waals surface area contributed by atoms with Crippen LogP contribution in [0, 0.1) is 5.82 Å². The molecule has 3 aromatic rings. The monoisotopic (exact) mass is 361 g/mol. The van der Waals surface area contributed by atoms with E-state index >= 15 is 0 Å². The van der Waals surface area contributed by atoms with E-state index in [0.29, 0.717) is 17.3 Å². The maximum absolute atomic E-state index is 13.6. The van der Waals surface area contributed by atoms with Gasteiger partial charge < -0.3 is 14.5 Å². The van der Waals surface area contributed by atoms with Crippen LogP contribution in [0.1, 0.15) is 10.4 Å². The number of amides is 1. The van der Waals surface area contributed by atoms with Crippen LogP contribution in [0.3, 0.4) is 0 Å². The number of rotatable bonds is 6. The highest BCUT2D eigenvalue weighted by Crippen LogP contribution is 2.19. The van der Waals surface area contributed by atoms with Gasteiger partial charge in [0.2, 0.25) is 5.88 Å². The number of carbonyl (C=O) groups excluding carboxylic acids is 1. The minimum Gasteiger partial charge on any atom is -0.475 e. The fourth-order valence-electron chi connectivity index (χ4n) is 2.08. The first-order valence-electron chi connectivity index (χ1n) is 7.38. The van der Waals surface area contributed by atoms with Gasteiger partial charge in [0.1, 0.15) is 18.1 Å². The molecule has 0 atom stereocenters. The van der Waals surface area contributed by atoms with Crippen molar-refractivity contribution in [3.63, 3.8) is 0 Å².